The van der Waals surface area contributed by atoms with Crippen LogP contribution in [-0.2, 0) is 0 Å². The van der Waals surface area contributed by atoms with E-state index in [1.54, 1.807) is 12.3 Å². The zero-order chi connectivity index (χ0) is 13.0. The van der Waals surface area contributed by atoms with Gasteiger partial charge in [-0.3, -0.25) is 4.79 Å². The number of hydrogen-bond acceptors (Lipinski definition) is 4. The van der Waals surface area contributed by atoms with Gasteiger partial charge in [0.05, 0.1) is 5.56 Å². The molecule has 1 aliphatic heterocycles. The SMILES string of the molecule is NCCC1CCCN(c2ccc(C(N)=O)cn2)C1. The van der Waals surface area contributed by atoms with Crippen LogP contribution in [0.1, 0.15) is 29.6 Å². The number of amides is 1. The van der Waals surface area contributed by atoms with Crippen molar-refractivity contribution in [2.75, 3.05) is 24.5 Å². The average Bonchev–Trinajstić information content (AvgIpc) is 2.39. The first kappa shape index (κ1) is 12.8. The van der Waals surface area contributed by atoms with E-state index in [0.29, 0.717) is 11.5 Å². The maximum Gasteiger partial charge on any atom is 0.250 e. The van der Waals surface area contributed by atoms with Crippen molar-refractivity contribution in [3.63, 3.8) is 0 Å². The van der Waals surface area contributed by atoms with Crippen LogP contribution in [-0.4, -0.2) is 30.5 Å². The van der Waals surface area contributed by atoms with Crippen LogP contribution < -0.4 is 16.4 Å². The Balaban J connectivity index is 2.04. The summed E-state index contributed by atoms with van der Waals surface area (Å²) in [5.41, 5.74) is 11.3. The minimum atomic E-state index is -0.436. The molecule has 5 nitrogen and oxygen atoms in total. The van der Waals surface area contributed by atoms with Crippen molar-refractivity contribution < 1.29 is 4.79 Å². The Morgan fingerprint density at radius 2 is 2.33 bits per heavy atom. The second kappa shape index (κ2) is 5.82. The summed E-state index contributed by atoms with van der Waals surface area (Å²) < 4.78 is 0. The minimum absolute atomic E-state index is 0.436. The molecule has 1 unspecified atom stereocenters. The number of pyridine rings is 1. The highest BCUT2D eigenvalue weighted by atomic mass is 16.1. The molecule has 4 N–H and O–H groups in total. The van der Waals surface area contributed by atoms with Crippen molar-refractivity contribution in [2.45, 2.75) is 19.3 Å². The van der Waals surface area contributed by atoms with Gasteiger partial charge in [0.1, 0.15) is 5.82 Å². The number of rotatable bonds is 4. The summed E-state index contributed by atoms with van der Waals surface area (Å²) >= 11 is 0. The number of anilines is 1. The predicted molar refractivity (Wildman–Crippen MR) is 71.4 cm³/mol. The molecule has 0 saturated carbocycles. The molecule has 1 amide bonds. The summed E-state index contributed by atoms with van der Waals surface area (Å²) in [6.07, 6.45) is 5.02. The first-order valence-corrected chi connectivity index (χ1v) is 6.41. The lowest BCUT2D eigenvalue weighted by Crippen LogP contribution is -2.36. The van der Waals surface area contributed by atoms with Crippen LogP contribution in [0.4, 0.5) is 5.82 Å². The van der Waals surface area contributed by atoms with Crippen LogP contribution in [0.2, 0.25) is 0 Å². The van der Waals surface area contributed by atoms with Crippen molar-refractivity contribution in [3.8, 4) is 0 Å². The summed E-state index contributed by atoms with van der Waals surface area (Å²) in [5, 5.41) is 0. The van der Waals surface area contributed by atoms with Gasteiger partial charge in [-0.25, -0.2) is 4.98 Å². The topological polar surface area (TPSA) is 85.2 Å². The Labute approximate surface area is 107 Å². The fourth-order valence-electron chi connectivity index (χ4n) is 2.46. The van der Waals surface area contributed by atoms with E-state index < -0.39 is 5.91 Å². The number of nitrogens with zero attached hydrogens (tertiary/aromatic N) is 2. The third-order valence-corrected chi connectivity index (χ3v) is 3.45. The highest BCUT2D eigenvalue weighted by Gasteiger charge is 2.20. The molecule has 5 heteroatoms. The molecular weight excluding hydrogens is 228 g/mol. The average molecular weight is 248 g/mol. The number of primary amides is 1. The first-order chi connectivity index (χ1) is 8.70. The number of aromatic nitrogens is 1. The second-order valence-corrected chi connectivity index (χ2v) is 4.80. The summed E-state index contributed by atoms with van der Waals surface area (Å²) in [4.78, 5) is 17.6. The highest BCUT2D eigenvalue weighted by Crippen LogP contribution is 2.23. The molecule has 2 rings (SSSR count). The van der Waals surface area contributed by atoms with Crippen LogP contribution in [0, 0.1) is 5.92 Å². The summed E-state index contributed by atoms with van der Waals surface area (Å²) in [6, 6.07) is 3.60. The molecule has 2 heterocycles. The lowest BCUT2D eigenvalue weighted by molar-refractivity contribution is 0.1000. The molecule has 98 valence electrons. The standard InChI is InChI=1S/C13H20N4O/c14-6-5-10-2-1-7-17(9-10)12-4-3-11(8-16-12)13(15)18/h3-4,8,10H,1-2,5-7,9,14H2,(H2,15,18). The molecule has 0 aliphatic carbocycles. The van der Waals surface area contributed by atoms with Gasteiger partial charge in [-0.15, -0.1) is 0 Å². The largest absolute Gasteiger partial charge is 0.366 e. The van der Waals surface area contributed by atoms with E-state index in [1.165, 1.54) is 12.8 Å². The smallest absolute Gasteiger partial charge is 0.250 e. The van der Waals surface area contributed by atoms with Crippen molar-refractivity contribution in [2.24, 2.45) is 17.4 Å². The monoisotopic (exact) mass is 248 g/mol. The fraction of sp³-hybridized carbons (Fsp3) is 0.538. The molecular formula is C13H20N4O. The minimum Gasteiger partial charge on any atom is -0.366 e. The Hall–Kier alpha value is -1.62. The molecule has 0 bridgehead atoms. The maximum atomic E-state index is 11.0. The Morgan fingerprint density at radius 3 is 2.94 bits per heavy atom. The van der Waals surface area contributed by atoms with Gasteiger partial charge in [0.25, 0.3) is 0 Å². The van der Waals surface area contributed by atoms with E-state index in [-0.39, 0.29) is 0 Å². The molecule has 1 atom stereocenters. The highest BCUT2D eigenvalue weighted by molar-refractivity contribution is 5.92. The maximum absolute atomic E-state index is 11.0. The molecule has 0 spiro atoms. The summed E-state index contributed by atoms with van der Waals surface area (Å²) in [6.45, 7) is 2.76. The van der Waals surface area contributed by atoms with E-state index in [4.69, 9.17) is 11.5 Å². The van der Waals surface area contributed by atoms with E-state index in [1.807, 2.05) is 6.07 Å². The quantitative estimate of drug-likeness (QED) is 0.823. The molecule has 18 heavy (non-hydrogen) atoms. The zero-order valence-electron chi connectivity index (χ0n) is 10.5. The molecule has 0 aromatic carbocycles. The van der Waals surface area contributed by atoms with Gasteiger partial charge in [-0.2, -0.15) is 0 Å². The zero-order valence-corrected chi connectivity index (χ0v) is 10.5. The fourth-order valence-corrected chi connectivity index (χ4v) is 2.46. The van der Waals surface area contributed by atoms with E-state index in [0.717, 1.165) is 31.9 Å². The summed E-state index contributed by atoms with van der Waals surface area (Å²) in [7, 11) is 0. The van der Waals surface area contributed by atoms with Gasteiger partial charge in [-0.1, -0.05) is 0 Å². The Morgan fingerprint density at radius 1 is 1.50 bits per heavy atom. The van der Waals surface area contributed by atoms with Gasteiger partial charge in [-0.05, 0) is 43.9 Å². The van der Waals surface area contributed by atoms with Crippen molar-refractivity contribution in [1.29, 1.82) is 0 Å². The molecule has 1 saturated heterocycles. The number of carbonyl (C=O) groups excluding carboxylic acids is 1. The van der Waals surface area contributed by atoms with Gasteiger partial charge in [0.2, 0.25) is 5.91 Å². The van der Waals surface area contributed by atoms with Crippen LogP contribution in [0.15, 0.2) is 18.3 Å². The molecule has 1 aromatic rings. The molecule has 1 aromatic heterocycles. The van der Waals surface area contributed by atoms with Crippen molar-refractivity contribution in [3.05, 3.63) is 23.9 Å². The van der Waals surface area contributed by atoms with Gasteiger partial charge >= 0.3 is 0 Å². The van der Waals surface area contributed by atoms with Gasteiger partial charge in [0, 0.05) is 19.3 Å². The van der Waals surface area contributed by atoms with Crippen LogP contribution in [0.3, 0.4) is 0 Å². The number of nitrogens with two attached hydrogens (primary N) is 2. The van der Waals surface area contributed by atoms with Crippen molar-refractivity contribution in [1.82, 2.24) is 4.98 Å². The lowest BCUT2D eigenvalue weighted by Gasteiger charge is -2.33. The van der Waals surface area contributed by atoms with E-state index >= 15 is 0 Å². The summed E-state index contributed by atoms with van der Waals surface area (Å²) in [5.74, 6) is 1.14. The third-order valence-electron chi connectivity index (χ3n) is 3.45. The molecule has 0 radical (unpaired) electrons. The number of hydrogen-bond donors (Lipinski definition) is 2. The first-order valence-electron chi connectivity index (χ1n) is 6.41. The van der Waals surface area contributed by atoms with E-state index in [2.05, 4.69) is 9.88 Å². The normalized spacial score (nSPS) is 19.8. The van der Waals surface area contributed by atoms with Gasteiger partial charge < -0.3 is 16.4 Å². The van der Waals surface area contributed by atoms with Crippen molar-refractivity contribution >= 4 is 11.7 Å². The Kier molecular flexibility index (Phi) is 4.15. The third kappa shape index (κ3) is 2.98. The lowest BCUT2D eigenvalue weighted by atomic mass is 9.95. The molecule has 1 aliphatic rings. The molecule has 1 fully saturated rings. The van der Waals surface area contributed by atoms with Crippen LogP contribution in [0.25, 0.3) is 0 Å². The Bertz CT molecular complexity index is 402. The van der Waals surface area contributed by atoms with E-state index in [9.17, 15) is 4.79 Å². The second-order valence-electron chi connectivity index (χ2n) is 4.80. The number of piperidine rings is 1. The van der Waals surface area contributed by atoms with Crippen LogP contribution in [0.5, 0.6) is 0 Å². The van der Waals surface area contributed by atoms with Gasteiger partial charge in [0.15, 0.2) is 0 Å². The number of carbonyl (C=O) groups is 1. The predicted octanol–water partition coefficient (Wildman–Crippen LogP) is 0.746. The van der Waals surface area contributed by atoms with Crippen LogP contribution >= 0.6 is 0 Å².